The maximum absolute atomic E-state index is 13.2. The molecule has 7 rings (SSSR count). The number of nitrogens with zero attached hydrogens (tertiary/aromatic N) is 3. The molecule has 2 heterocycles. The van der Waals surface area contributed by atoms with Crippen molar-refractivity contribution >= 4 is 5.91 Å². The predicted molar refractivity (Wildman–Crippen MR) is 112 cm³/mol. The number of aromatic nitrogens is 3. The van der Waals surface area contributed by atoms with E-state index in [-0.39, 0.29) is 17.0 Å². The third-order valence-corrected chi connectivity index (χ3v) is 7.49. The lowest BCUT2D eigenvalue weighted by atomic mass is 9.50. The van der Waals surface area contributed by atoms with Crippen LogP contribution in [0.3, 0.4) is 0 Å². The van der Waals surface area contributed by atoms with Crippen LogP contribution in [0, 0.1) is 18.8 Å². The molecule has 1 N–H and O–H groups in total. The second-order valence-electron chi connectivity index (χ2n) is 9.75. The number of nitrogens with one attached hydrogen (secondary N) is 1. The molecule has 2 atom stereocenters. The Kier molecular flexibility index (Phi) is 3.77. The van der Waals surface area contributed by atoms with Crippen LogP contribution < -0.4 is 5.32 Å². The highest BCUT2D eigenvalue weighted by Gasteiger charge is 2.59. The average molecular weight is 402 g/mol. The Balaban J connectivity index is 1.25. The Morgan fingerprint density at radius 2 is 1.87 bits per heavy atom. The van der Waals surface area contributed by atoms with Crippen LogP contribution in [0.2, 0.25) is 0 Å². The molecular weight excluding hydrogens is 376 g/mol. The SMILES string of the molecule is Cc1ccc(-c2ccc(C(=O)NC34CC5CC(C3)CC(n3cncn3)(C5)C4)cc2)o1. The summed E-state index contributed by atoms with van der Waals surface area (Å²) in [5.74, 6) is 3.04. The lowest BCUT2D eigenvalue weighted by Gasteiger charge is -2.61. The summed E-state index contributed by atoms with van der Waals surface area (Å²) in [6, 6.07) is 11.6. The van der Waals surface area contributed by atoms with Gasteiger partial charge in [0.15, 0.2) is 0 Å². The van der Waals surface area contributed by atoms with Crippen molar-refractivity contribution in [1.82, 2.24) is 20.1 Å². The molecule has 0 spiro atoms. The second kappa shape index (κ2) is 6.30. The van der Waals surface area contributed by atoms with E-state index in [2.05, 4.69) is 20.1 Å². The summed E-state index contributed by atoms with van der Waals surface area (Å²) in [5.41, 5.74) is 1.56. The van der Waals surface area contributed by atoms with E-state index < -0.39 is 0 Å². The number of hydrogen-bond donors (Lipinski definition) is 1. The van der Waals surface area contributed by atoms with Gasteiger partial charge < -0.3 is 9.73 Å². The van der Waals surface area contributed by atoms with E-state index in [0.717, 1.165) is 49.2 Å². The number of furan rings is 1. The van der Waals surface area contributed by atoms with Crippen LogP contribution in [0.4, 0.5) is 0 Å². The molecule has 1 amide bonds. The number of benzene rings is 1. The molecule has 6 heteroatoms. The minimum atomic E-state index is -0.135. The van der Waals surface area contributed by atoms with E-state index in [1.807, 2.05) is 49.6 Å². The maximum atomic E-state index is 13.2. The second-order valence-corrected chi connectivity index (χ2v) is 9.75. The van der Waals surface area contributed by atoms with Gasteiger partial charge >= 0.3 is 0 Å². The van der Waals surface area contributed by atoms with E-state index in [0.29, 0.717) is 17.4 Å². The Bertz CT molecular complexity index is 1070. The smallest absolute Gasteiger partial charge is 0.251 e. The number of aryl methyl sites for hydroxylation is 1. The maximum Gasteiger partial charge on any atom is 0.251 e. The molecule has 4 aliphatic carbocycles. The van der Waals surface area contributed by atoms with Crippen LogP contribution in [0.1, 0.15) is 54.6 Å². The highest BCUT2D eigenvalue weighted by Crippen LogP contribution is 2.60. The molecule has 2 unspecified atom stereocenters. The van der Waals surface area contributed by atoms with Gasteiger partial charge in [0.2, 0.25) is 0 Å². The first-order valence-electron chi connectivity index (χ1n) is 10.9. The Morgan fingerprint density at radius 1 is 1.10 bits per heavy atom. The minimum Gasteiger partial charge on any atom is -0.461 e. The zero-order valence-electron chi connectivity index (χ0n) is 17.2. The Labute approximate surface area is 175 Å². The molecule has 4 bridgehead atoms. The fourth-order valence-electron chi connectivity index (χ4n) is 6.77. The van der Waals surface area contributed by atoms with Crippen LogP contribution in [0.5, 0.6) is 0 Å². The highest BCUT2D eigenvalue weighted by molar-refractivity contribution is 5.95. The molecule has 0 radical (unpaired) electrons. The molecule has 6 nitrogen and oxygen atoms in total. The zero-order chi connectivity index (χ0) is 20.3. The van der Waals surface area contributed by atoms with E-state index in [9.17, 15) is 4.79 Å². The molecule has 154 valence electrons. The summed E-state index contributed by atoms with van der Waals surface area (Å²) >= 11 is 0. The van der Waals surface area contributed by atoms with Gasteiger partial charge in [-0.25, -0.2) is 9.67 Å². The molecule has 3 aromatic rings. The summed E-state index contributed by atoms with van der Waals surface area (Å²) < 4.78 is 7.77. The van der Waals surface area contributed by atoms with E-state index >= 15 is 0 Å². The molecule has 4 aliphatic rings. The van der Waals surface area contributed by atoms with E-state index in [1.54, 1.807) is 6.33 Å². The van der Waals surface area contributed by atoms with Crippen LogP contribution in [0.15, 0.2) is 53.5 Å². The van der Waals surface area contributed by atoms with Crippen molar-refractivity contribution < 1.29 is 9.21 Å². The predicted octanol–water partition coefficient (Wildman–Crippen LogP) is 4.32. The largest absolute Gasteiger partial charge is 0.461 e. The third-order valence-electron chi connectivity index (χ3n) is 7.49. The summed E-state index contributed by atoms with van der Waals surface area (Å²) in [6.45, 7) is 1.93. The van der Waals surface area contributed by atoms with E-state index in [1.165, 1.54) is 6.42 Å². The number of carbonyl (C=O) groups excluding carboxylic acids is 1. The van der Waals surface area contributed by atoms with Crippen molar-refractivity contribution in [2.24, 2.45) is 11.8 Å². The first-order chi connectivity index (χ1) is 14.5. The monoisotopic (exact) mass is 402 g/mol. The standard InChI is InChI=1S/C24H26N4O2/c1-16-2-7-21(30-16)19-3-5-20(6-4-19)22(29)27-23-9-17-8-18(10-23)12-24(11-17,13-23)28-15-25-14-26-28/h2-7,14-15,17-18H,8-13H2,1H3,(H,27,29). The first-order valence-corrected chi connectivity index (χ1v) is 10.9. The topological polar surface area (TPSA) is 73.0 Å². The van der Waals surface area contributed by atoms with Gasteiger partial charge in [0.05, 0.1) is 5.54 Å². The first kappa shape index (κ1) is 17.9. The van der Waals surface area contributed by atoms with Crippen molar-refractivity contribution in [3.05, 3.63) is 60.4 Å². The Hall–Kier alpha value is -2.89. The number of hydrogen-bond acceptors (Lipinski definition) is 4. The Morgan fingerprint density at radius 3 is 2.50 bits per heavy atom. The van der Waals surface area contributed by atoms with Gasteiger partial charge in [-0.3, -0.25) is 4.79 Å². The van der Waals surface area contributed by atoms with Crippen LogP contribution >= 0.6 is 0 Å². The summed E-state index contributed by atoms with van der Waals surface area (Å²) in [4.78, 5) is 17.4. The van der Waals surface area contributed by atoms with Gasteiger partial charge in [-0.15, -0.1) is 0 Å². The van der Waals surface area contributed by atoms with Crippen molar-refractivity contribution in [3.63, 3.8) is 0 Å². The van der Waals surface area contributed by atoms with Gasteiger partial charge in [0, 0.05) is 16.7 Å². The third kappa shape index (κ3) is 2.81. The minimum absolute atomic E-state index is 0.00880. The summed E-state index contributed by atoms with van der Waals surface area (Å²) in [5, 5.41) is 7.97. The number of rotatable bonds is 4. The lowest BCUT2D eigenvalue weighted by molar-refractivity contribution is -0.0744. The fourth-order valence-corrected chi connectivity index (χ4v) is 6.77. The summed E-state index contributed by atoms with van der Waals surface area (Å²) in [7, 11) is 0. The molecular formula is C24H26N4O2. The molecule has 1 aromatic carbocycles. The van der Waals surface area contributed by atoms with Gasteiger partial charge in [-0.2, -0.15) is 5.10 Å². The normalized spacial score (nSPS) is 31.8. The molecule has 4 fully saturated rings. The number of amides is 1. The van der Waals surface area contributed by atoms with Crippen LogP contribution in [-0.4, -0.2) is 26.2 Å². The number of carbonyl (C=O) groups is 1. The zero-order valence-corrected chi connectivity index (χ0v) is 17.2. The lowest BCUT2D eigenvalue weighted by Crippen LogP contribution is -2.65. The van der Waals surface area contributed by atoms with Crippen molar-refractivity contribution in [2.75, 3.05) is 0 Å². The van der Waals surface area contributed by atoms with E-state index in [4.69, 9.17) is 4.42 Å². The average Bonchev–Trinajstić information content (AvgIpc) is 3.39. The molecule has 0 saturated heterocycles. The van der Waals surface area contributed by atoms with Crippen LogP contribution in [0.25, 0.3) is 11.3 Å². The van der Waals surface area contributed by atoms with Crippen LogP contribution in [-0.2, 0) is 5.54 Å². The molecule has 2 aromatic heterocycles. The summed E-state index contributed by atoms with van der Waals surface area (Å²) in [6.07, 6.45) is 10.2. The van der Waals surface area contributed by atoms with Crippen molar-refractivity contribution in [1.29, 1.82) is 0 Å². The van der Waals surface area contributed by atoms with Gasteiger partial charge in [0.1, 0.15) is 24.2 Å². The molecule has 30 heavy (non-hydrogen) atoms. The molecule has 0 aliphatic heterocycles. The highest BCUT2D eigenvalue weighted by atomic mass is 16.3. The van der Waals surface area contributed by atoms with Gasteiger partial charge in [-0.05, 0) is 81.5 Å². The quantitative estimate of drug-likeness (QED) is 0.705. The van der Waals surface area contributed by atoms with Gasteiger partial charge in [0.25, 0.3) is 5.91 Å². The van der Waals surface area contributed by atoms with Crippen molar-refractivity contribution in [2.45, 2.75) is 56.5 Å². The fraction of sp³-hybridized carbons (Fsp3) is 0.458. The van der Waals surface area contributed by atoms with Gasteiger partial charge in [-0.1, -0.05) is 12.1 Å². The van der Waals surface area contributed by atoms with Crippen molar-refractivity contribution in [3.8, 4) is 11.3 Å². The molecule has 4 saturated carbocycles.